The number of rotatable bonds is 5. The third-order valence-electron chi connectivity index (χ3n) is 4.40. The van der Waals surface area contributed by atoms with E-state index in [4.69, 9.17) is 4.74 Å². The van der Waals surface area contributed by atoms with E-state index in [2.05, 4.69) is 24.1 Å². The zero-order valence-electron chi connectivity index (χ0n) is 14.5. The van der Waals surface area contributed by atoms with Crippen molar-refractivity contribution in [2.75, 3.05) is 13.7 Å². The number of hydrogen-bond donors (Lipinski definition) is 2. The number of aromatic amines is 1. The van der Waals surface area contributed by atoms with Gasteiger partial charge in [0, 0.05) is 34.6 Å². The van der Waals surface area contributed by atoms with Crippen LogP contribution in [0.25, 0.3) is 10.9 Å². The van der Waals surface area contributed by atoms with Crippen molar-refractivity contribution in [3.63, 3.8) is 0 Å². The average molecular weight is 340 g/mol. The minimum atomic E-state index is -0.421. The van der Waals surface area contributed by atoms with E-state index in [0.717, 1.165) is 22.2 Å². The summed E-state index contributed by atoms with van der Waals surface area (Å²) in [7, 11) is 1.64. The normalized spacial score (nSPS) is 11.5. The number of aromatic nitrogens is 1. The fourth-order valence-corrected chi connectivity index (χ4v) is 2.91. The molecular weight excluding hydrogens is 319 g/mol. The summed E-state index contributed by atoms with van der Waals surface area (Å²) in [5.74, 6) is 0.0774. The Morgan fingerprint density at radius 3 is 2.76 bits per heavy atom. The van der Waals surface area contributed by atoms with Crippen LogP contribution in [0.1, 0.15) is 29.8 Å². The number of H-pyrrole nitrogens is 1. The molecule has 0 aliphatic rings. The van der Waals surface area contributed by atoms with Gasteiger partial charge in [-0.2, -0.15) is 0 Å². The number of ether oxygens (including phenoxy) is 1. The first-order valence-corrected chi connectivity index (χ1v) is 8.10. The van der Waals surface area contributed by atoms with Crippen LogP contribution in [-0.2, 0) is 5.41 Å². The van der Waals surface area contributed by atoms with Crippen LogP contribution < -0.4 is 10.1 Å². The molecule has 0 aliphatic carbocycles. The van der Waals surface area contributed by atoms with Crippen molar-refractivity contribution in [2.24, 2.45) is 0 Å². The molecule has 25 heavy (non-hydrogen) atoms. The maximum absolute atomic E-state index is 13.3. The van der Waals surface area contributed by atoms with Crippen LogP contribution in [0, 0.1) is 5.82 Å². The summed E-state index contributed by atoms with van der Waals surface area (Å²) in [4.78, 5) is 15.5. The minimum absolute atomic E-state index is 0.287. The Morgan fingerprint density at radius 2 is 2.04 bits per heavy atom. The summed E-state index contributed by atoms with van der Waals surface area (Å²) in [5, 5.41) is 3.96. The number of halogens is 1. The van der Waals surface area contributed by atoms with Crippen LogP contribution in [0.3, 0.4) is 0 Å². The Hall–Kier alpha value is -2.82. The highest BCUT2D eigenvalue weighted by Gasteiger charge is 2.25. The number of methoxy groups -OCH3 is 1. The van der Waals surface area contributed by atoms with Crippen molar-refractivity contribution in [1.29, 1.82) is 0 Å². The lowest BCUT2D eigenvalue weighted by atomic mass is 9.84. The molecule has 0 saturated carbocycles. The molecule has 1 amide bonds. The first kappa shape index (κ1) is 17.0. The van der Waals surface area contributed by atoms with Gasteiger partial charge in [0.1, 0.15) is 11.6 Å². The topological polar surface area (TPSA) is 54.1 Å². The van der Waals surface area contributed by atoms with Crippen LogP contribution in [0.15, 0.2) is 48.7 Å². The molecule has 0 spiro atoms. The second-order valence-corrected chi connectivity index (χ2v) is 6.69. The predicted octanol–water partition coefficient (Wildman–Crippen LogP) is 4.02. The molecule has 130 valence electrons. The Kier molecular flexibility index (Phi) is 4.49. The highest BCUT2D eigenvalue weighted by atomic mass is 19.1. The van der Waals surface area contributed by atoms with E-state index in [1.807, 2.05) is 24.4 Å². The number of fused-ring (bicyclic) bond motifs is 1. The number of nitrogens with one attached hydrogen (secondary N) is 2. The lowest BCUT2D eigenvalue weighted by Gasteiger charge is -2.25. The Labute approximate surface area is 146 Å². The molecular formula is C20H21FN2O2. The van der Waals surface area contributed by atoms with Gasteiger partial charge in [-0.1, -0.05) is 19.9 Å². The van der Waals surface area contributed by atoms with Crippen LogP contribution in [0.4, 0.5) is 4.39 Å². The molecule has 1 aromatic heterocycles. The zero-order chi connectivity index (χ0) is 18.0. The van der Waals surface area contributed by atoms with E-state index in [1.54, 1.807) is 13.2 Å². The van der Waals surface area contributed by atoms with E-state index in [0.29, 0.717) is 12.1 Å². The highest BCUT2D eigenvalue weighted by Crippen LogP contribution is 2.32. The Balaban J connectivity index is 1.81. The molecule has 0 fully saturated rings. The fourth-order valence-electron chi connectivity index (χ4n) is 2.91. The molecule has 0 saturated heterocycles. The van der Waals surface area contributed by atoms with E-state index in [1.165, 1.54) is 18.2 Å². The summed E-state index contributed by atoms with van der Waals surface area (Å²) >= 11 is 0. The first-order chi connectivity index (χ1) is 11.9. The summed E-state index contributed by atoms with van der Waals surface area (Å²) in [6, 6.07) is 11.5. The number of amides is 1. The average Bonchev–Trinajstić information content (AvgIpc) is 3.03. The summed E-state index contributed by atoms with van der Waals surface area (Å²) < 4.78 is 18.6. The Morgan fingerprint density at radius 1 is 1.24 bits per heavy atom. The molecule has 2 aromatic carbocycles. The van der Waals surface area contributed by atoms with Crippen molar-refractivity contribution in [2.45, 2.75) is 19.3 Å². The second kappa shape index (κ2) is 6.59. The molecule has 3 aromatic rings. The Bertz CT molecular complexity index is 915. The number of benzene rings is 2. The van der Waals surface area contributed by atoms with Gasteiger partial charge in [0.25, 0.3) is 5.91 Å². The van der Waals surface area contributed by atoms with E-state index < -0.39 is 5.82 Å². The molecule has 2 N–H and O–H groups in total. The molecule has 0 aliphatic heterocycles. The van der Waals surface area contributed by atoms with Crippen LogP contribution in [0.2, 0.25) is 0 Å². The van der Waals surface area contributed by atoms with Crippen LogP contribution in [0.5, 0.6) is 5.75 Å². The van der Waals surface area contributed by atoms with Gasteiger partial charge in [-0.25, -0.2) is 4.39 Å². The van der Waals surface area contributed by atoms with Crippen molar-refractivity contribution < 1.29 is 13.9 Å². The lowest BCUT2D eigenvalue weighted by Crippen LogP contribution is -2.36. The van der Waals surface area contributed by atoms with Crippen molar-refractivity contribution in [3.05, 3.63) is 65.6 Å². The smallest absolute Gasteiger partial charge is 0.251 e. The van der Waals surface area contributed by atoms with E-state index in [9.17, 15) is 9.18 Å². The predicted molar refractivity (Wildman–Crippen MR) is 96.6 cm³/mol. The van der Waals surface area contributed by atoms with Gasteiger partial charge in [0.2, 0.25) is 0 Å². The highest BCUT2D eigenvalue weighted by molar-refractivity contribution is 5.94. The second-order valence-electron chi connectivity index (χ2n) is 6.69. The molecule has 0 atom stereocenters. The third-order valence-corrected chi connectivity index (χ3v) is 4.40. The van der Waals surface area contributed by atoms with Gasteiger partial charge < -0.3 is 15.0 Å². The SMILES string of the molecule is COc1ccc2[nH]cc(C(C)(C)CNC(=O)c3cccc(F)c3)c2c1. The van der Waals surface area contributed by atoms with Gasteiger partial charge in [0.15, 0.2) is 0 Å². The molecule has 0 unspecified atom stereocenters. The first-order valence-electron chi connectivity index (χ1n) is 8.10. The van der Waals surface area contributed by atoms with Crippen LogP contribution in [-0.4, -0.2) is 24.5 Å². The third kappa shape index (κ3) is 3.50. The van der Waals surface area contributed by atoms with Crippen LogP contribution >= 0.6 is 0 Å². The number of hydrogen-bond acceptors (Lipinski definition) is 2. The monoisotopic (exact) mass is 340 g/mol. The van der Waals surface area contributed by atoms with Gasteiger partial charge in [0.05, 0.1) is 7.11 Å². The zero-order valence-corrected chi connectivity index (χ0v) is 14.5. The molecule has 0 radical (unpaired) electrons. The summed E-state index contributed by atoms with van der Waals surface area (Å²) in [6.45, 7) is 4.54. The number of carbonyl (C=O) groups is 1. The van der Waals surface area contributed by atoms with Gasteiger partial charge >= 0.3 is 0 Å². The van der Waals surface area contributed by atoms with Gasteiger partial charge in [-0.15, -0.1) is 0 Å². The van der Waals surface area contributed by atoms with E-state index >= 15 is 0 Å². The molecule has 5 heteroatoms. The molecule has 3 rings (SSSR count). The van der Waals surface area contributed by atoms with Crippen molar-refractivity contribution in [1.82, 2.24) is 10.3 Å². The standard InChI is InChI=1S/C20H21FN2O2/c1-20(2,12-23-19(24)13-5-4-6-14(21)9-13)17-11-22-18-8-7-15(25-3)10-16(17)18/h4-11,22H,12H2,1-3H3,(H,23,24). The van der Waals surface area contributed by atoms with E-state index in [-0.39, 0.29) is 11.3 Å². The van der Waals surface area contributed by atoms with Gasteiger partial charge in [-0.05, 0) is 42.0 Å². The summed E-state index contributed by atoms with van der Waals surface area (Å²) in [6.07, 6.45) is 1.96. The van der Waals surface area contributed by atoms with Crippen molar-refractivity contribution in [3.8, 4) is 5.75 Å². The molecule has 4 nitrogen and oxygen atoms in total. The minimum Gasteiger partial charge on any atom is -0.497 e. The van der Waals surface area contributed by atoms with Crippen molar-refractivity contribution >= 4 is 16.8 Å². The fraction of sp³-hybridized carbons (Fsp3) is 0.250. The molecule has 0 bridgehead atoms. The molecule has 1 heterocycles. The lowest BCUT2D eigenvalue weighted by molar-refractivity contribution is 0.0945. The maximum atomic E-state index is 13.3. The number of carbonyl (C=O) groups excluding carboxylic acids is 1. The largest absolute Gasteiger partial charge is 0.497 e. The quantitative estimate of drug-likeness (QED) is 0.737. The maximum Gasteiger partial charge on any atom is 0.251 e. The van der Waals surface area contributed by atoms with Gasteiger partial charge in [-0.3, -0.25) is 4.79 Å². The summed E-state index contributed by atoms with van der Waals surface area (Å²) in [5.41, 5.74) is 2.10.